The SMILES string of the molecule is O=C(CN1C(=O)C2(COc3cc4c(cc32)OCO4)c2ccccc21)Nc1ccc(Cl)c(Cl)c1. The van der Waals surface area contributed by atoms with Crippen LogP contribution in [0.15, 0.2) is 54.6 Å². The number of carbonyl (C=O) groups excluding carboxylic acids is 2. The molecule has 3 aliphatic rings. The molecule has 1 spiro atoms. The molecule has 1 N–H and O–H groups in total. The molecule has 0 fully saturated rings. The third kappa shape index (κ3) is 2.96. The van der Waals surface area contributed by atoms with E-state index in [0.29, 0.717) is 44.2 Å². The normalized spacial score (nSPS) is 19.5. The molecule has 6 rings (SSSR count). The number of para-hydroxylation sites is 1. The molecule has 0 aliphatic carbocycles. The van der Waals surface area contributed by atoms with Gasteiger partial charge in [-0.25, -0.2) is 0 Å². The van der Waals surface area contributed by atoms with E-state index in [-0.39, 0.29) is 31.8 Å². The van der Waals surface area contributed by atoms with Crippen LogP contribution in [0.25, 0.3) is 0 Å². The summed E-state index contributed by atoms with van der Waals surface area (Å²) < 4.78 is 16.9. The fourth-order valence-corrected chi connectivity index (χ4v) is 4.94. The van der Waals surface area contributed by atoms with E-state index in [0.717, 1.165) is 5.56 Å². The Morgan fingerprint density at radius 1 is 0.939 bits per heavy atom. The summed E-state index contributed by atoms with van der Waals surface area (Å²) >= 11 is 12.0. The van der Waals surface area contributed by atoms with Gasteiger partial charge in [-0.15, -0.1) is 0 Å². The smallest absolute Gasteiger partial charge is 0.246 e. The number of hydrogen-bond donors (Lipinski definition) is 1. The molecule has 166 valence electrons. The third-order valence-corrected chi connectivity index (χ3v) is 6.89. The summed E-state index contributed by atoms with van der Waals surface area (Å²) in [5.41, 5.74) is 1.59. The van der Waals surface area contributed by atoms with Crippen molar-refractivity contribution in [1.82, 2.24) is 0 Å². The third-order valence-electron chi connectivity index (χ3n) is 6.15. The second-order valence-electron chi connectivity index (χ2n) is 7.98. The highest BCUT2D eigenvalue weighted by Gasteiger charge is 2.57. The lowest BCUT2D eigenvalue weighted by Gasteiger charge is -2.23. The molecule has 7 nitrogen and oxygen atoms in total. The van der Waals surface area contributed by atoms with Gasteiger partial charge in [0.15, 0.2) is 11.5 Å². The molecular formula is C24H16Cl2N2O5. The molecule has 0 bridgehead atoms. The second kappa shape index (κ2) is 7.30. The van der Waals surface area contributed by atoms with Crippen molar-refractivity contribution in [3.8, 4) is 17.2 Å². The number of rotatable bonds is 3. The van der Waals surface area contributed by atoms with E-state index in [1.165, 1.54) is 4.90 Å². The van der Waals surface area contributed by atoms with Crippen LogP contribution in [0.3, 0.4) is 0 Å². The average molecular weight is 483 g/mol. The zero-order valence-corrected chi connectivity index (χ0v) is 18.6. The maximum atomic E-state index is 13.9. The minimum absolute atomic E-state index is 0.122. The Balaban J connectivity index is 1.35. The fourth-order valence-electron chi connectivity index (χ4n) is 4.64. The van der Waals surface area contributed by atoms with E-state index < -0.39 is 5.41 Å². The summed E-state index contributed by atoms with van der Waals surface area (Å²) in [5, 5.41) is 3.49. The van der Waals surface area contributed by atoms with Gasteiger partial charge in [0.25, 0.3) is 0 Å². The number of fused-ring (bicyclic) bond motifs is 5. The van der Waals surface area contributed by atoms with E-state index in [1.54, 1.807) is 30.3 Å². The first kappa shape index (κ1) is 20.2. The van der Waals surface area contributed by atoms with Crippen molar-refractivity contribution in [2.45, 2.75) is 5.41 Å². The van der Waals surface area contributed by atoms with Crippen molar-refractivity contribution in [3.05, 3.63) is 75.8 Å². The van der Waals surface area contributed by atoms with Gasteiger partial charge in [0.05, 0.1) is 10.0 Å². The summed E-state index contributed by atoms with van der Waals surface area (Å²) in [4.78, 5) is 28.3. The van der Waals surface area contributed by atoms with E-state index in [4.69, 9.17) is 37.4 Å². The molecule has 3 aromatic rings. The fraction of sp³-hybridized carbons (Fsp3) is 0.167. The Morgan fingerprint density at radius 2 is 1.73 bits per heavy atom. The number of benzene rings is 3. The Bertz CT molecular complexity index is 1340. The molecule has 0 saturated carbocycles. The summed E-state index contributed by atoms with van der Waals surface area (Å²) in [6.07, 6.45) is 0. The maximum Gasteiger partial charge on any atom is 0.246 e. The number of halogens is 2. The Morgan fingerprint density at radius 3 is 2.55 bits per heavy atom. The molecule has 0 aromatic heterocycles. The number of amides is 2. The number of nitrogens with zero attached hydrogens (tertiary/aromatic N) is 1. The van der Waals surface area contributed by atoms with E-state index >= 15 is 0 Å². The van der Waals surface area contributed by atoms with Crippen molar-refractivity contribution < 1.29 is 23.8 Å². The first-order valence-electron chi connectivity index (χ1n) is 10.2. The molecule has 0 saturated heterocycles. The number of nitrogens with one attached hydrogen (secondary N) is 1. The highest BCUT2D eigenvalue weighted by molar-refractivity contribution is 6.42. The van der Waals surface area contributed by atoms with Gasteiger partial charge in [0.1, 0.15) is 24.3 Å². The zero-order valence-electron chi connectivity index (χ0n) is 17.1. The lowest BCUT2D eigenvalue weighted by molar-refractivity contribution is -0.124. The van der Waals surface area contributed by atoms with Crippen LogP contribution in [-0.2, 0) is 15.0 Å². The summed E-state index contributed by atoms with van der Waals surface area (Å²) in [7, 11) is 0. The van der Waals surface area contributed by atoms with Crippen LogP contribution in [0.1, 0.15) is 11.1 Å². The van der Waals surface area contributed by atoms with Crippen LogP contribution in [0.2, 0.25) is 10.0 Å². The van der Waals surface area contributed by atoms with E-state index in [2.05, 4.69) is 5.32 Å². The molecule has 3 aliphatic heterocycles. The Labute approximate surface area is 198 Å². The Kier molecular flexibility index (Phi) is 4.47. The quantitative estimate of drug-likeness (QED) is 0.599. The van der Waals surface area contributed by atoms with E-state index in [1.807, 2.05) is 24.3 Å². The van der Waals surface area contributed by atoms with Gasteiger partial charge in [0, 0.05) is 23.0 Å². The van der Waals surface area contributed by atoms with Crippen molar-refractivity contribution in [2.24, 2.45) is 0 Å². The van der Waals surface area contributed by atoms with Gasteiger partial charge < -0.3 is 24.4 Å². The van der Waals surface area contributed by atoms with Crippen LogP contribution in [0, 0.1) is 0 Å². The highest BCUT2D eigenvalue weighted by atomic mass is 35.5. The van der Waals surface area contributed by atoms with Crippen LogP contribution in [-0.4, -0.2) is 31.8 Å². The largest absolute Gasteiger partial charge is 0.491 e. The van der Waals surface area contributed by atoms with Gasteiger partial charge in [0.2, 0.25) is 18.6 Å². The van der Waals surface area contributed by atoms with Crippen LogP contribution < -0.4 is 24.4 Å². The summed E-state index contributed by atoms with van der Waals surface area (Å²) in [6.45, 7) is 0.0838. The first-order valence-corrected chi connectivity index (χ1v) is 11.0. The second-order valence-corrected chi connectivity index (χ2v) is 8.80. The van der Waals surface area contributed by atoms with Crippen molar-refractivity contribution in [2.75, 3.05) is 30.2 Å². The summed E-state index contributed by atoms with van der Waals surface area (Å²) in [6, 6.07) is 15.8. The minimum Gasteiger partial charge on any atom is -0.491 e. The van der Waals surface area contributed by atoms with Gasteiger partial charge >= 0.3 is 0 Å². The molecule has 2 amide bonds. The van der Waals surface area contributed by atoms with Crippen LogP contribution in [0.4, 0.5) is 11.4 Å². The molecule has 9 heteroatoms. The minimum atomic E-state index is -1.06. The standard InChI is InChI=1S/C24H16Cl2N2O5/c25-16-6-5-13(7-17(16)26)27-22(29)10-28-18-4-2-1-3-14(18)24(23(28)30)11-31-19-9-21-20(8-15(19)24)32-12-33-21/h1-9H,10-12H2,(H,27,29). The maximum absolute atomic E-state index is 13.9. The molecule has 0 radical (unpaired) electrons. The molecule has 33 heavy (non-hydrogen) atoms. The molecular weight excluding hydrogens is 467 g/mol. The van der Waals surface area contributed by atoms with Crippen molar-refractivity contribution in [3.63, 3.8) is 0 Å². The number of carbonyl (C=O) groups is 2. The van der Waals surface area contributed by atoms with Crippen molar-refractivity contribution in [1.29, 1.82) is 0 Å². The Hall–Kier alpha value is -3.42. The number of hydrogen-bond acceptors (Lipinski definition) is 5. The zero-order chi connectivity index (χ0) is 22.7. The first-order chi connectivity index (χ1) is 16.0. The lowest BCUT2D eigenvalue weighted by Crippen LogP contribution is -2.45. The van der Waals surface area contributed by atoms with Gasteiger partial charge in [-0.1, -0.05) is 41.4 Å². The topological polar surface area (TPSA) is 77.1 Å². The molecule has 3 aromatic carbocycles. The molecule has 1 unspecified atom stereocenters. The van der Waals surface area contributed by atoms with Crippen LogP contribution >= 0.6 is 23.2 Å². The predicted molar refractivity (Wildman–Crippen MR) is 123 cm³/mol. The predicted octanol–water partition coefficient (Wildman–Crippen LogP) is 4.39. The molecule has 1 atom stereocenters. The number of anilines is 2. The van der Waals surface area contributed by atoms with Crippen LogP contribution in [0.5, 0.6) is 17.2 Å². The van der Waals surface area contributed by atoms with Gasteiger partial charge in [-0.05, 0) is 35.9 Å². The highest BCUT2D eigenvalue weighted by Crippen LogP contribution is 2.54. The van der Waals surface area contributed by atoms with Gasteiger partial charge in [-0.3, -0.25) is 9.59 Å². The molecule has 3 heterocycles. The summed E-state index contributed by atoms with van der Waals surface area (Å²) in [5.74, 6) is 1.13. The monoisotopic (exact) mass is 482 g/mol. The van der Waals surface area contributed by atoms with E-state index in [9.17, 15) is 9.59 Å². The van der Waals surface area contributed by atoms with Crippen molar-refractivity contribution >= 4 is 46.4 Å². The van der Waals surface area contributed by atoms with Gasteiger partial charge in [-0.2, -0.15) is 0 Å². The number of ether oxygens (including phenoxy) is 3. The lowest BCUT2D eigenvalue weighted by atomic mass is 9.77. The average Bonchev–Trinajstić information content (AvgIpc) is 3.48.